The third-order valence-corrected chi connectivity index (χ3v) is 4.63. The van der Waals surface area contributed by atoms with Crippen LogP contribution in [0, 0.1) is 0 Å². The van der Waals surface area contributed by atoms with Gasteiger partial charge in [0.1, 0.15) is 5.75 Å². The number of ether oxygens (including phenoxy) is 1. The third-order valence-electron chi connectivity index (χ3n) is 4.63. The van der Waals surface area contributed by atoms with Crippen LogP contribution >= 0.6 is 0 Å². The molecule has 1 fully saturated rings. The van der Waals surface area contributed by atoms with E-state index >= 15 is 0 Å². The SMILES string of the molecule is CC(C)Oc1ccc2ccccc2c1C(N1NC(=O)CC1(C)C)C(F)(F)F. The zero-order chi connectivity index (χ0) is 20.0. The number of fused-ring (bicyclic) bond motifs is 1. The van der Waals surface area contributed by atoms with Crippen LogP contribution in [-0.4, -0.2) is 28.7 Å². The summed E-state index contributed by atoms with van der Waals surface area (Å²) in [6.07, 6.45) is -4.92. The summed E-state index contributed by atoms with van der Waals surface area (Å²) in [7, 11) is 0. The van der Waals surface area contributed by atoms with E-state index in [1.54, 1.807) is 64.1 Å². The summed E-state index contributed by atoms with van der Waals surface area (Å²) in [5.74, 6) is -0.260. The van der Waals surface area contributed by atoms with Gasteiger partial charge >= 0.3 is 6.18 Å². The molecule has 1 heterocycles. The van der Waals surface area contributed by atoms with Crippen LogP contribution < -0.4 is 10.2 Å². The number of alkyl halides is 3. The lowest BCUT2D eigenvalue weighted by Gasteiger charge is -2.39. The van der Waals surface area contributed by atoms with Crippen molar-refractivity contribution < 1.29 is 22.7 Å². The second-order valence-corrected chi connectivity index (χ2v) is 7.70. The first-order chi connectivity index (χ1) is 12.5. The van der Waals surface area contributed by atoms with Crippen LogP contribution in [0.4, 0.5) is 13.2 Å². The van der Waals surface area contributed by atoms with Crippen molar-refractivity contribution in [1.29, 1.82) is 0 Å². The highest BCUT2D eigenvalue weighted by atomic mass is 19.4. The Morgan fingerprint density at radius 3 is 2.37 bits per heavy atom. The molecule has 0 aliphatic carbocycles. The van der Waals surface area contributed by atoms with Crippen LogP contribution in [-0.2, 0) is 4.79 Å². The summed E-state index contributed by atoms with van der Waals surface area (Å²) >= 11 is 0. The first-order valence-corrected chi connectivity index (χ1v) is 8.84. The van der Waals surface area contributed by atoms with E-state index in [1.165, 1.54) is 0 Å². The quantitative estimate of drug-likeness (QED) is 0.833. The van der Waals surface area contributed by atoms with E-state index in [0.29, 0.717) is 10.8 Å². The Labute approximate surface area is 156 Å². The predicted molar refractivity (Wildman–Crippen MR) is 97.2 cm³/mol. The first-order valence-electron chi connectivity index (χ1n) is 8.84. The number of nitrogens with one attached hydrogen (secondary N) is 1. The Bertz CT molecular complexity index is 862. The minimum absolute atomic E-state index is 0.00921. The van der Waals surface area contributed by atoms with Gasteiger partial charge in [-0.05, 0) is 44.5 Å². The Hall–Kier alpha value is -2.28. The van der Waals surface area contributed by atoms with Gasteiger partial charge in [0.25, 0.3) is 0 Å². The maximum absolute atomic E-state index is 14.3. The molecule has 1 atom stereocenters. The van der Waals surface area contributed by atoms with Crippen molar-refractivity contribution in [3.05, 3.63) is 42.0 Å². The topological polar surface area (TPSA) is 41.6 Å². The fourth-order valence-corrected chi connectivity index (χ4v) is 3.57. The van der Waals surface area contributed by atoms with E-state index in [2.05, 4.69) is 5.43 Å². The number of carbonyl (C=O) groups excluding carboxylic acids is 1. The van der Waals surface area contributed by atoms with Crippen molar-refractivity contribution in [2.45, 2.75) is 58.0 Å². The highest BCUT2D eigenvalue weighted by Crippen LogP contribution is 2.48. The van der Waals surface area contributed by atoms with Crippen LogP contribution in [0.2, 0.25) is 0 Å². The molecule has 27 heavy (non-hydrogen) atoms. The zero-order valence-corrected chi connectivity index (χ0v) is 15.7. The Kier molecular flexibility index (Phi) is 4.84. The number of hydrogen-bond acceptors (Lipinski definition) is 3. The van der Waals surface area contributed by atoms with Crippen molar-refractivity contribution in [3.8, 4) is 5.75 Å². The molecule has 2 aromatic carbocycles. The fourth-order valence-electron chi connectivity index (χ4n) is 3.57. The molecule has 7 heteroatoms. The van der Waals surface area contributed by atoms with Gasteiger partial charge in [-0.25, -0.2) is 0 Å². The van der Waals surface area contributed by atoms with Gasteiger partial charge in [0.15, 0.2) is 6.04 Å². The minimum atomic E-state index is -4.62. The summed E-state index contributed by atoms with van der Waals surface area (Å²) in [6, 6.07) is 8.18. The summed E-state index contributed by atoms with van der Waals surface area (Å²) in [5, 5.41) is 2.15. The molecule has 146 valence electrons. The highest BCUT2D eigenvalue weighted by molar-refractivity contribution is 5.88. The van der Waals surface area contributed by atoms with Crippen molar-refractivity contribution in [2.75, 3.05) is 0 Å². The van der Waals surface area contributed by atoms with E-state index in [1.807, 2.05) is 0 Å². The van der Waals surface area contributed by atoms with Crippen LogP contribution in [0.1, 0.15) is 45.7 Å². The van der Waals surface area contributed by atoms with Crippen molar-refractivity contribution in [3.63, 3.8) is 0 Å². The number of carbonyl (C=O) groups is 1. The smallest absolute Gasteiger partial charge is 0.410 e. The van der Waals surface area contributed by atoms with Gasteiger partial charge in [0.2, 0.25) is 5.91 Å². The molecular weight excluding hydrogens is 357 g/mol. The lowest BCUT2D eigenvalue weighted by molar-refractivity contribution is -0.203. The summed E-state index contributed by atoms with van der Waals surface area (Å²) < 4.78 is 48.7. The molecule has 0 spiro atoms. The first kappa shape index (κ1) is 19.5. The van der Waals surface area contributed by atoms with E-state index in [4.69, 9.17) is 4.74 Å². The number of benzene rings is 2. The number of halogens is 3. The van der Waals surface area contributed by atoms with Gasteiger partial charge in [-0.2, -0.15) is 18.2 Å². The molecule has 0 bridgehead atoms. The van der Waals surface area contributed by atoms with Crippen LogP contribution in [0.5, 0.6) is 5.75 Å². The van der Waals surface area contributed by atoms with E-state index < -0.39 is 23.7 Å². The summed E-state index contributed by atoms with van der Waals surface area (Å²) in [6.45, 7) is 6.78. The van der Waals surface area contributed by atoms with Crippen LogP contribution in [0.15, 0.2) is 36.4 Å². The van der Waals surface area contributed by atoms with Crippen molar-refractivity contribution in [1.82, 2.24) is 10.4 Å². The van der Waals surface area contributed by atoms with Crippen LogP contribution in [0.3, 0.4) is 0 Å². The predicted octanol–water partition coefficient (Wildman–Crippen LogP) is 4.75. The number of nitrogens with zero attached hydrogens (tertiary/aromatic N) is 1. The molecule has 1 amide bonds. The Morgan fingerprint density at radius 2 is 1.81 bits per heavy atom. The monoisotopic (exact) mass is 380 g/mol. The second-order valence-electron chi connectivity index (χ2n) is 7.70. The van der Waals surface area contributed by atoms with Gasteiger partial charge in [-0.15, -0.1) is 0 Å². The van der Waals surface area contributed by atoms with Gasteiger partial charge in [0.05, 0.1) is 6.10 Å². The standard InChI is InChI=1S/C20H23F3N2O2/c1-12(2)27-15-10-9-13-7-5-6-8-14(13)17(15)18(20(21,22)23)25-19(3,4)11-16(26)24-25/h5-10,12,18H,11H2,1-4H3,(H,24,26). The minimum Gasteiger partial charge on any atom is -0.491 e. The van der Waals surface area contributed by atoms with E-state index in [-0.39, 0.29) is 23.8 Å². The van der Waals surface area contributed by atoms with Gasteiger partial charge in [0, 0.05) is 17.5 Å². The molecular formula is C20H23F3N2O2. The lowest BCUT2D eigenvalue weighted by atomic mass is 9.93. The molecule has 0 radical (unpaired) electrons. The Balaban J connectivity index is 2.28. The summed E-state index contributed by atoms with van der Waals surface area (Å²) in [4.78, 5) is 11.9. The fraction of sp³-hybridized carbons (Fsp3) is 0.450. The zero-order valence-electron chi connectivity index (χ0n) is 15.7. The molecule has 2 aromatic rings. The molecule has 0 aromatic heterocycles. The molecule has 1 saturated heterocycles. The third kappa shape index (κ3) is 3.74. The molecule has 3 rings (SSSR count). The molecule has 0 saturated carbocycles. The molecule has 4 nitrogen and oxygen atoms in total. The molecule has 1 aliphatic heterocycles. The van der Waals surface area contributed by atoms with Gasteiger partial charge in [-0.3, -0.25) is 10.2 Å². The highest BCUT2D eigenvalue weighted by Gasteiger charge is 2.54. The lowest BCUT2D eigenvalue weighted by Crippen LogP contribution is -2.51. The summed E-state index contributed by atoms with van der Waals surface area (Å²) in [5.41, 5.74) is 1.43. The number of rotatable bonds is 4. The normalized spacial score (nSPS) is 18.7. The average Bonchev–Trinajstić information content (AvgIpc) is 2.80. The average molecular weight is 380 g/mol. The van der Waals surface area contributed by atoms with Gasteiger partial charge in [-0.1, -0.05) is 30.3 Å². The second kappa shape index (κ2) is 6.71. The maximum atomic E-state index is 14.3. The van der Waals surface area contributed by atoms with E-state index in [9.17, 15) is 18.0 Å². The molecule has 1 unspecified atom stereocenters. The van der Waals surface area contributed by atoms with E-state index in [0.717, 1.165) is 5.01 Å². The largest absolute Gasteiger partial charge is 0.491 e. The number of hydrogen-bond donors (Lipinski definition) is 1. The molecule has 1 N–H and O–H groups in total. The van der Waals surface area contributed by atoms with Gasteiger partial charge < -0.3 is 4.74 Å². The number of hydrazine groups is 1. The van der Waals surface area contributed by atoms with Crippen molar-refractivity contribution >= 4 is 16.7 Å². The van der Waals surface area contributed by atoms with Crippen LogP contribution in [0.25, 0.3) is 10.8 Å². The number of amides is 1. The molecule has 1 aliphatic rings. The van der Waals surface area contributed by atoms with Crippen molar-refractivity contribution in [2.24, 2.45) is 0 Å². The maximum Gasteiger partial charge on any atom is 0.410 e. The Morgan fingerprint density at radius 1 is 1.15 bits per heavy atom.